The lowest BCUT2D eigenvalue weighted by Gasteiger charge is -2.36. The largest absolute Gasteiger partial charge is 0.446 e. The van der Waals surface area contributed by atoms with E-state index in [0.717, 1.165) is 12.1 Å². The number of oxazole rings is 1. The summed E-state index contributed by atoms with van der Waals surface area (Å²) in [7, 11) is 0. The molecule has 1 unspecified atom stereocenters. The number of nitrogens with two attached hydrogens (primary N) is 1. The van der Waals surface area contributed by atoms with Crippen molar-refractivity contribution < 1.29 is 22.4 Å². The zero-order valence-corrected chi connectivity index (χ0v) is 16.4. The first-order valence-electron chi connectivity index (χ1n) is 9.57. The van der Waals surface area contributed by atoms with Crippen molar-refractivity contribution in [3.8, 4) is 0 Å². The Bertz CT molecular complexity index is 842. The maximum absolute atomic E-state index is 12.9. The number of hydrogen-bond donors (Lipinski definition) is 1. The molecule has 158 valence electrons. The minimum absolute atomic E-state index is 0.201. The number of alkyl halides is 3. The first-order valence-corrected chi connectivity index (χ1v) is 9.57. The van der Waals surface area contributed by atoms with Crippen LogP contribution in [0, 0.1) is 5.92 Å². The lowest BCUT2D eigenvalue weighted by atomic mass is 10.0. The maximum Gasteiger partial charge on any atom is 0.416 e. The van der Waals surface area contributed by atoms with Gasteiger partial charge in [0, 0.05) is 31.9 Å². The molecule has 1 saturated heterocycles. The Morgan fingerprint density at radius 2 is 1.93 bits per heavy atom. The van der Waals surface area contributed by atoms with Crippen LogP contribution in [-0.4, -0.2) is 42.0 Å². The summed E-state index contributed by atoms with van der Waals surface area (Å²) >= 11 is 0. The minimum atomic E-state index is -4.38. The molecule has 1 atom stereocenters. The zero-order valence-electron chi connectivity index (χ0n) is 16.4. The summed E-state index contributed by atoms with van der Waals surface area (Å²) in [5.41, 5.74) is 6.06. The van der Waals surface area contributed by atoms with E-state index in [1.165, 1.54) is 12.3 Å². The summed E-state index contributed by atoms with van der Waals surface area (Å²) in [5.74, 6) is 0.449. The molecule has 2 N–H and O–H groups in total. The van der Waals surface area contributed by atoms with Gasteiger partial charge in [-0.2, -0.15) is 13.2 Å². The molecule has 29 heavy (non-hydrogen) atoms. The first kappa shape index (κ1) is 21.2. The molecule has 3 rings (SSSR count). The van der Waals surface area contributed by atoms with Gasteiger partial charge in [-0.3, -0.25) is 4.79 Å². The van der Waals surface area contributed by atoms with Crippen LogP contribution in [0.3, 0.4) is 0 Å². The molecule has 2 aromatic rings. The number of aromatic nitrogens is 1. The number of halogens is 3. The molecule has 1 aromatic carbocycles. The summed E-state index contributed by atoms with van der Waals surface area (Å²) in [6.45, 7) is 5.72. The Kier molecular flexibility index (Phi) is 6.16. The lowest BCUT2D eigenvalue weighted by molar-refractivity contribution is -0.137. The second-order valence-electron chi connectivity index (χ2n) is 7.63. The molecule has 1 amide bonds. The number of benzene rings is 1. The van der Waals surface area contributed by atoms with Crippen molar-refractivity contribution in [3.63, 3.8) is 0 Å². The summed E-state index contributed by atoms with van der Waals surface area (Å²) in [4.78, 5) is 20.4. The van der Waals surface area contributed by atoms with Crippen molar-refractivity contribution in [3.05, 3.63) is 47.7 Å². The number of rotatable bonds is 5. The van der Waals surface area contributed by atoms with Gasteiger partial charge < -0.3 is 20.0 Å². The number of carbonyl (C=O) groups excluding carboxylic acids is 1. The Balaban J connectivity index is 1.61. The van der Waals surface area contributed by atoms with Crippen molar-refractivity contribution >= 4 is 11.6 Å². The highest BCUT2D eigenvalue weighted by Gasteiger charge is 2.31. The Morgan fingerprint density at radius 3 is 2.55 bits per heavy atom. The van der Waals surface area contributed by atoms with Crippen molar-refractivity contribution in [2.75, 3.05) is 31.1 Å². The van der Waals surface area contributed by atoms with E-state index in [0.29, 0.717) is 50.1 Å². The summed E-state index contributed by atoms with van der Waals surface area (Å²) in [6.07, 6.45) is -2.37. The van der Waals surface area contributed by atoms with E-state index in [1.54, 1.807) is 11.0 Å². The van der Waals surface area contributed by atoms with E-state index < -0.39 is 11.7 Å². The highest BCUT2D eigenvalue weighted by atomic mass is 19.4. The highest BCUT2D eigenvalue weighted by molar-refractivity contribution is 5.92. The van der Waals surface area contributed by atoms with E-state index in [-0.39, 0.29) is 17.6 Å². The number of amides is 1. The van der Waals surface area contributed by atoms with Crippen molar-refractivity contribution in [2.24, 2.45) is 11.7 Å². The average Bonchev–Trinajstić information content (AvgIpc) is 3.17. The van der Waals surface area contributed by atoms with Crippen LogP contribution in [0.1, 0.15) is 48.3 Å². The predicted octanol–water partition coefficient (Wildman–Crippen LogP) is 3.70. The summed E-state index contributed by atoms with van der Waals surface area (Å²) in [6, 6.07) is 4.86. The standard InChI is InChI=1S/C20H25F3N4O2/c1-13(2)10-16(24)18-25-17(12-29-18)19(28)27-8-6-26(7-9-27)15-5-3-4-14(11-15)20(21,22)23/h3-5,11-13,16H,6-10,24H2,1-2H3. The molecule has 0 saturated carbocycles. The molecule has 0 aliphatic carbocycles. The van der Waals surface area contributed by atoms with Gasteiger partial charge in [-0.05, 0) is 30.5 Å². The third-order valence-corrected chi connectivity index (χ3v) is 4.89. The van der Waals surface area contributed by atoms with E-state index >= 15 is 0 Å². The lowest BCUT2D eigenvalue weighted by Crippen LogP contribution is -2.49. The van der Waals surface area contributed by atoms with Gasteiger partial charge in [-0.25, -0.2) is 4.98 Å². The van der Waals surface area contributed by atoms with Gasteiger partial charge in [0.2, 0.25) is 5.89 Å². The van der Waals surface area contributed by atoms with Crippen LogP contribution in [0.5, 0.6) is 0 Å². The van der Waals surface area contributed by atoms with Gasteiger partial charge >= 0.3 is 6.18 Å². The molecule has 0 radical (unpaired) electrons. The molecule has 1 aromatic heterocycles. The Labute approximate surface area is 167 Å². The van der Waals surface area contributed by atoms with Gasteiger partial charge in [-0.15, -0.1) is 0 Å². The zero-order chi connectivity index (χ0) is 21.2. The molecule has 2 heterocycles. The monoisotopic (exact) mass is 410 g/mol. The number of carbonyl (C=O) groups is 1. The molecule has 1 aliphatic rings. The Morgan fingerprint density at radius 1 is 1.24 bits per heavy atom. The molecule has 0 bridgehead atoms. The van der Waals surface area contributed by atoms with Gasteiger partial charge in [0.15, 0.2) is 5.69 Å². The number of anilines is 1. The molecule has 9 heteroatoms. The minimum Gasteiger partial charge on any atom is -0.446 e. The fraction of sp³-hybridized carbons (Fsp3) is 0.500. The van der Waals surface area contributed by atoms with Crippen LogP contribution in [0.2, 0.25) is 0 Å². The topological polar surface area (TPSA) is 75.6 Å². The Hall–Kier alpha value is -2.55. The van der Waals surface area contributed by atoms with Crippen LogP contribution in [-0.2, 0) is 6.18 Å². The molecular weight excluding hydrogens is 385 g/mol. The fourth-order valence-corrected chi connectivity index (χ4v) is 3.37. The van der Waals surface area contributed by atoms with Crippen LogP contribution < -0.4 is 10.6 Å². The average molecular weight is 410 g/mol. The fourth-order valence-electron chi connectivity index (χ4n) is 3.37. The second kappa shape index (κ2) is 8.44. The normalized spacial score (nSPS) is 16.4. The third-order valence-electron chi connectivity index (χ3n) is 4.89. The first-order chi connectivity index (χ1) is 13.6. The number of piperazine rings is 1. The second-order valence-corrected chi connectivity index (χ2v) is 7.63. The smallest absolute Gasteiger partial charge is 0.416 e. The van der Waals surface area contributed by atoms with Crippen LogP contribution in [0.4, 0.5) is 18.9 Å². The predicted molar refractivity (Wildman–Crippen MR) is 102 cm³/mol. The van der Waals surface area contributed by atoms with Gasteiger partial charge in [0.1, 0.15) is 6.26 Å². The number of hydrogen-bond acceptors (Lipinski definition) is 5. The van der Waals surface area contributed by atoms with Gasteiger partial charge in [0.25, 0.3) is 5.91 Å². The quantitative estimate of drug-likeness (QED) is 0.814. The number of nitrogens with zero attached hydrogens (tertiary/aromatic N) is 3. The summed E-state index contributed by atoms with van der Waals surface area (Å²) in [5, 5.41) is 0. The molecule has 1 fully saturated rings. The van der Waals surface area contributed by atoms with Gasteiger partial charge in [-0.1, -0.05) is 19.9 Å². The van der Waals surface area contributed by atoms with Crippen LogP contribution in [0.25, 0.3) is 0 Å². The van der Waals surface area contributed by atoms with E-state index in [4.69, 9.17) is 10.2 Å². The van der Waals surface area contributed by atoms with Crippen molar-refractivity contribution in [1.82, 2.24) is 9.88 Å². The highest BCUT2D eigenvalue weighted by Crippen LogP contribution is 2.32. The molecule has 0 spiro atoms. The molecular formula is C20H25F3N4O2. The van der Waals surface area contributed by atoms with E-state index in [2.05, 4.69) is 4.98 Å². The van der Waals surface area contributed by atoms with E-state index in [1.807, 2.05) is 18.7 Å². The SMILES string of the molecule is CC(C)CC(N)c1nc(C(=O)N2CCN(c3cccc(C(F)(F)F)c3)CC2)co1. The third kappa shape index (κ3) is 5.09. The van der Waals surface area contributed by atoms with E-state index in [9.17, 15) is 18.0 Å². The summed E-state index contributed by atoms with van der Waals surface area (Å²) < 4.78 is 44.1. The maximum atomic E-state index is 12.9. The molecule has 6 nitrogen and oxygen atoms in total. The van der Waals surface area contributed by atoms with Crippen LogP contribution in [0.15, 0.2) is 34.9 Å². The van der Waals surface area contributed by atoms with Crippen molar-refractivity contribution in [1.29, 1.82) is 0 Å². The van der Waals surface area contributed by atoms with Crippen LogP contribution >= 0.6 is 0 Å². The van der Waals surface area contributed by atoms with Crippen molar-refractivity contribution in [2.45, 2.75) is 32.5 Å². The van der Waals surface area contributed by atoms with Gasteiger partial charge in [0.05, 0.1) is 11.6 Å². The molecule has 1 aliphatic heterocycles.